The first-order chi connectivity index (χ1) is 12.0. The molecule has 1 aromatic heterocycles. The van der Waals surface area contributed by atoms with E-state index in [1.54, 1.807) is 24.3 Å². The Morgan fingerprint density at radius 3 is 2.72 bits per heavy atom. The van der Waals surface area contributed by atoms with Crippen molar-refractivity contribution in [3.63, 3.8) is 0 Å². The van der Waals surface area contributed by atoms with Gasteiger partial charge in [-0.3, -0.25) is 9.78 Å². The highest BCUT2D eigenvalue weighted by Gasteiger charge is 2.05. The number of nitrogens with one attached hydrogen (secondary N) is 2. The molecule has 0 amide bonds. The molecule has 0 unspecified atom stereocenters. The summed E-state index contributed by atoms with van der Waals surface area (Å²) >= 11 is 6.76. The van der Waals surface area contributed by atoms with Gasteiger partial charge in [-0.15, -0.1) is 0 Å². The summed E-state index contributed by atoms with van der Waals surface area (Å²) in [6.45, 7) is 0.495. The molecule has 4 N–H and O–H groups in total. The smallest absolute Gasteiger partial charge is 0.260 e. The summed E-state index contributed by atoms with van der Waals surface area (Å²) in [6, 6.07) is 11.7. The number of benzene rings is 2. The van der Waals surface area contributed by atoms with Gasteiger partial charge < -0.3 is 11.1 Å². The van der Waals surface area contributed by atoms with Crippen LogP contribution < -0.4 is 16.6 Å². The number of thiocarbonyl (C=S) groups is 1. The molecule has 0 saturated carbocycles. The summed E-state index contributed by atoms with van der Waals surface area (Å²) < 4.78 is 13.5. The molecular weight excluding hydrogens is 359 g/mol. The quantitative estimate of drug-likeness (QED) is 0.609. The van der Waals surface area contributed by atoms with Crippen LogP contribution in [0.1, 0.15) is 11.1 Å². The van der Waals surface area contributed by atoms with Crippen LogP contribution in [0.3, 0.4) is 0 Å². The molecule has 3 rings (SSSR count). The zero-order chi connectivity index (χ0) is 17.8. The van der Waals surface area contributed by atoms with Crippen molar-refractivity contribution in [1.29, 1.82) is 0 Å². The van der Waals surface area contributed by atoms with Crippen molar-refractivity contribution in [2.75, 3.05) is 5.73 Å². The second-order valence-corrected chi connectivity index (χ2v) is 7.01. The second kappa shape index (κ2) is 7.62. The summed E-state index contributed by atoms with van der Waals surface area (Å²) in [6.07, 6.45) is 0. The lowest BCUT2D eigenvalue weighted by Crippen LogP contribution is -2.18. The van der Waals surface area contributed by atoms with E-state index in [1.165, 1.54) is 23.9 Å². The van der Waals surface area contributed by atoms with Crippen molar-refractivity contribution in [2.24, 2.45) is 0 Å². The van der Waals surface area contributed by atoms with E-state index in [1.807, 2.05) is 6.07 Å². The topological polar surface area (TPSA) is 83.8 Å². The molecular formula is C17H15FN4OS2. The lowest BCUT2D eigenvalue weighted by Gasteiger charge is -2.08. The minimum absolute atomic E-state index is 0.0988. The first-order valence-electron chi connectivity index (χ1n) is 7.45. The number of aromatic amines is 1. The average molecular weight is 374 g/mol. The van der Waals surface area contributed by atoms with Crippen LogP contribution in [0.15, 0.2) is 47.3 Å². The molecule has 0 saturated heterocycles. The van der Waals surface area contributed by atoms with E-state index in [4.69, 9.17) is 18.0 Å². The van der Waals surface area contributed by atoms with E-state index in [0.29, 0.717) is 27.5 Å². The van der Waals surface area contributed by atoms with Crippen molar-refractivity contribution in [1.82, 2.24) is 15.3 Å². The summed E-state index contributed by atoms with van der Waals surface area (Å²) in [7, 11) is 0. The van der Waals surface area contributed by atoms with Crippen LogP contribution in [-0.2, 0) is 12.3 Å². The number of nitrogen functional groups attached to an aromatic ring is 1. The summed E-state index contributed by atoms with van der Waals surface area (Å²) in [5.41, 5.74) is 7.73. The summed E-state index contributed by atoms with van der Waals surface area (Å²) in [5, 5.41) is 3.62. The van der Waals surface area contributed by atoms with Crippen LogP contribution in [0.4, 0.5) is 10.3 Å². The van der Waals surface area contributed by atoms with Crippen LogP contribution in [-0.4, -0.2) is 14.3 Å². The third kappa shape index (κ3) is 4.55. The molecule has 0 spiro atoms. The van der Waals surface area contributed by atoms with E-state index in [0.717, 1.165) is 11.1 Å². The maximum absolute atomic E-state index is 12.9. The fourth-order valence-corrected chi connectivity index (χ4v) is 3.18. The Kier molecular flexibility index (Phi) is 5.30. The molecule has 1 heterocycles. The zero-order valence-corrected chi connectivity index (χ0v) is 14.7. The highest BCUT2D eigenvalue weighted by atomic mass is 32.2. The molecule has 0 atom stereocenters. The van der Waals surface area contributed by atoms with Crippen molar-refractivity contribution in [3.8, 4) is 0 Å². The predicted octanol–water partition coefficient (Wildman–Crippen LogP) is 2.95. The monoisotopic (exact) mass is 374 g/mol. The number of aromatic nitrogens is 2. The van der Waals surface area contributed by atoms with Gasteiger partial charge in [0, 0.05) is 12.3 Å². The van der Waals surface area contributed by atoms with Crippen LogP contribution in [0, 0.1) is 5.82 Å². The van der Waals surface area contributed by atoms with Gasteiger partial charge in [-0.1, -0.05) is 42.2 Å². The molecule has 3 aromatic rings. The fourth-order valence-electron chi connectivity index (χ4n) is 2.27. The van der Waals surface area contributed by atoms with E-state index in [-0.39, 0.29) is 17.3 Å². The highest BCUT2D eigenvalue weighted by molar-refractivity contribution is 8.22. The molecule has 0 aliphatic carbocycles. The van der Waals surface area contributed by atoms with Gasteiger partial charge in [-0.25, -0.2) is 9.37 Å². The number of fused-ring (bicyclic) bond motifs is 1. The maximum Gasteiger partial charge on any atom is 0.260 e. The molecule has 25 heavy (non-hydrogen) atoms. The van der Waals surface area contributed by atoms with E-state index >= 15 is 0 Å². The molecule has 0 fully saturated rings. The number of thioether (sulfide) groups is 1. The van der Waals surface area contributed by atoms with Gasteiger partial charge in [-0.05, 0) is 35.4 Å². The fraction of sp³-hybridized carbons (Fsp3) is 0.118. The number of nitrogens with two attached hydrogens (primary N) is 1. The van der Waals surface area contributed by atoms with Gasteiger partial charge in [0.2, 0.25) is 5.95 Å². The third-order valence-electron chi connectivity index (χ3n) is 3.51. The minimum atomic E-state index is -0.266. The largest absolute Gasteiger partial charge is 0.369 e. The maximum atomic E-state index is 12.9. The molecule has 0 aliphatic heterocycles. The number of halogens is 1. The Morgan fingerprint density at radius 1 is 1.24 bits per heavy atom. The molecule has 0 radical (unpaired) electrons. The Balaban J connectivity index is 1.59. The molecule has 2 aromatic carbocycles. The van der Waals surface area contributed by atoms with Gasteiger partial charge in [0.1, 0.15) is 10.1 Å². The normalized spacial score (nSPS) is 10.8. The Hall–Kier alpha value is -2.45. The van der Waals surface area contributed by atoms with Gasteiger partial charge in [-0.2, -0.15) is 0 Å². The lowest BCUT2D eigenvalue weighted by molar-refractivity contribution is 0.627. The Morgan fingerprint density at radius 2 is 1.96 bits per heavy atom. The number of nitrogens with zero attached hydrogens (tertiary/aromatic N) is 1. The average Bonchev–Trinajstić information content (AvgIpc) is 2.59. The number of H-pyrrole nitrogens is 1. The first kappa shape index (κ1) is 17.4. The van der Waals surface area contributed by atoms with Crippen molar-refractivity contribution in [3.05, 3.63) is 69.8 Å². The first-order valence-corrected chi connectivity index (χ1v) is 8.84. The Bertz CT molecular complexity index is 973. The number of anilines is 1. The van der Waals surface area contributed by atoms with E-state index < -0.39 is 0 Å². The predicted molar refractivity (Wildman–Crippen MR) is 104 cm³/mol. The molecule has 0 aliphatic rings. The molecule has 0 bridgehead atoms. The number of hydrogen-bond acceptors (Lipinski definition) is 5. The number of hydrogen-bond donors (Lipinski definition) is 3. The van der Waals surface area contributed by atoms with Crippen LogP contribution in [0.5, 0.6) is 0 Å². The summed E-state index contributed by atoms with van der Waals surface area (Å²) in [4.78, 5) is 18.5. The van der Waals surface area contributed by atoms with Crippen molar-refractivity contribution < 1.29 is 4.39 Å². The van der Waals surface area contributed by atoms with Gasteiger partial charge in [0.05, 0.1) is 10.9 Å². The summed E-state index contributed by atoms with van der Waals surface area (Å²) in [5.74, 6) is 0.505. The van der Waals surface area contributed by atoms with Gasteiger partial charge >= 0.3 is 0 Å². The SMILES string of the molecule is Nc1nc2ccc(CNC(=S)SCc3ccc(F)cc3)cc2c(=O)[nH]1. The zero-order valence-electron chi connectivity index (χ0n) is 13.1. The third-order valence-corrected chi connectivity index (χ3v) is 4.89. The van der Waals surface area contributed by atoms with E-state index in [2.05, 4.69) is 15.3 Å². The van der Waals surface area contributed by atoms with Gasteiger partial charge in [0.15, 0.2) is 0 Å². The Labute approximate surface area is 152 Å². The lowest BCUT2D eigenvalue weighted by atomic mass is 10.1. The molecule has 5 nitrogen and oxygen atoms in total. The van der Waals surface area contributed by atoms with Crippen LogP contribution >= 0.6 is 24.0 Å². The molecule has 8 heteroatoms. The van der Waals surface area contributed by atoms with E-state index in [9.17, 15) is 9.18 Å². The van der Waals surface area contributed by atoms with Crippen LogP contribution in [0.25, 0.3) is 10.9 Å². The standard InChI is InChI=1S/C17H15FN4OS2/c18-12-4-1-10(2-5-12)9-25-17(24)20-8-11-3-6-14-13(7-11)15(23)22-16(19)21-14/h1-7H,8-9H2,(H,20,24)(H3,19,21,22,23). The van der Waals surface area contributed by atoms with Crippen LogP contribution in [0.2, 0.25) is 0 Å². The van der Waals surface area contributed by atoms with Crippen molar-refractivity contribution >= 4 is 45.2 Å². The van der Waals surface area contributed by atoms with Gasteiger partial charge in [0.25, 0.3) is 5.56 Å². The number of rotatable bonds is 4. The van der Waals surface area contributed by atoms with Crippen molar-refractivity contribution in [2.45, 2.75) is 12.3 Å². The molecule has 128 valence electrons. The second-order valence-electron chi connectivity index (χ2n) is 5.36. The minimum Gasteiger partial charge on any atom is -0.369 e. The highest BCUT2D eigenvalue weighted by Crippen LogP contribution is 2.15.